The van der Waals surface area contributed by atoms with Crippen molar-refractivity contribution >= 4 is 17.5 Å². The van der Waals surface area contributed by atoms with Gasteiger partial charge in [-0.3, -0.25) is 14.5 Å². The van der Waals surface area contributed by atoms with Crippen molar-refractivity contribution in [2.75, 3.05) is 4.90 Å². The van der Waals surface area contributed by atoms with Gasteiger partial charge >= 0.3 is 0 Å². The van der Waals surface area contributed by atoms with Gasteiger partial charge in [0.1, 0.15) is 0 Å². The maximum atomic E-state index is 11.5. The quantitative estimate of drug-likeness (QED) is 0.762. The van der Waals surface area contributed by atoms with Crippen LogP contribution in [0.4, 0.5) is 5.69 Å². The summed E-state index contributed by atoms with van der Waals surface area (Å²) in [4.78, 5) is 24.2. The first-order valence-electron chi connectivity index (χ1n) is 5.31. The van der Waals surface area contributed by atoms with E-state index >= 15 is 0 Å². The second-order valence-corrected chi connectivity index (χ2v) is 4.00. The lowest BCUT2D eigenvalue weighted by molar-refractivity contribution is -0.121. The number of amides is 2. The van der Waals surface area contributed by atoms with E-state index in [4.69, 9.17) is 5.73 Å². The summed E-state index contributed by atoms with van der Waals surface area (Å²) in [7, 11) is 0. The van der Waals surface area contributed by atoms with Crippen LogP contribution in [0.15, 0.2) is 24.3 Å². The van der Waals surface area contributed by atoms with Gasteiger partial charge < -0.3 is 5.73 Å². The van der Waals surface area contributed by atoms with E-state index < -0.39 is 0 Å². The Morgan fingerprint density at radius 3 is 2.06 bits per heavy atom. The van der Waals surface area contributed by atoms with E-state index in [1.807, 2.05) is 19.1 Å². The number of rotatable bonds is 2. The highest BCUT2D eigenvalue weighted by atomic mass is 16.2. The zero-order valence-corrected chi connectivity index (χ0v) is 9.14. The molecule has 16 heavy (non-hydrogen) atoms. The molecular weight excluding hydrogens is 204 g/mol. The normalized spacial score (nSPS) is 18.0. The van der Waals surface area contributed by atoms with Gasteiger partial charge in [-0.1, -0.05) is 12.1 Å². The number of carbonyl (C=O) groups excluding carboxylic acids is 2. The fourth-order valence-corrected chi connectivity index (χ4v) is 1.79. The van der Waals surface area contributed by atoms with Gasteiger partial charge in [-0.15, -0.1) is 0 Å². The molecule has 0 aromatic heterocycles. The summed E-state index contributed by atoms with van der Waals surface area (Å²) in [6.07, 6.45) is 0.627. The molecule has 2 N–H and O–H groups in total. The predicted octanol–water partition coefficient (Wildman–Crippen LogP) is 1.36. The smallest absolute Gasteiger partial charge is 0.234 e. The van der Waals surface area contributed by atoms with Crippen LogP contribution in [0.3, 0.4) is 0 Å². The van der Waals surface area contributed by atoms with Crippen molar-refractivity contribution in [2.24, 2.45) is 5.73 Å². The first-order valence-corrected chi connectivity index (χ1v) is 5.31. The van der Waals surface area contributed by atoms with Gasteiger partial charge in [0.25, 0.3) is 0 Å². The van der Waals surface area contributed by atoms with Crippen LogP contribution in [0.5, 0.6) is 0 Å². The van der Waals surface area contributed by atoms with Crippen molar-refractivity contribution in [1.29, 1.82) is 0 Å². The number of hydrogen-bond donors (Lipinski definition) is 1. The molecule has 1 saturated heterocycles. The van der Waals surface area contributed by atoms with Gasteiger partial charge in [-0.05, 0) is 24.6 Å². The Balaban J connectivity index is 2.28. The van der Waals surface area contributed by atoms with Gasteiger partial charge in [-0.25, -0.2) is 0 Å². The maximum absolute atomic E-state index is 11.5. The van der Waals surface area contributed by atoms with E-state index in [1.54, 1.807) is 12.1 Å². The number of nitrogens with zero attached hydrogens (tertiary/aromatic N) is 1. The first-order chi connectivity index (χ1) is 7.59. The van der Waals surface area contributed by atoms with E-state index in [2.05, 4.69) is 0 Å². The van der Waals surface area contributed by atoms with E-state index in [0.29, 0.717) is 18.5 Å². The van der Waals surface area contributed by atoms with E-state index in [1.165, 1.54) is 4.90 Å². The molecule has 2 rings (SSSR count). The molecule has 0 aliphatic carbocycles. The van der Waals surface area contributed by atoms with Gasteiger partial charge in [-0.2, -0.15) is 0 Å². The van der Waals surface area contributed by atoms with Gasteiger partial charge in [0, 0.05) is 18.9 Å². The molecule has 1 atom stereocenters. The molecular formula is C12H14N2O2. The molecule has 0 bridgehead atoms. The van der Waals surface area contributed by atoms with Crippen molar-refractivity contribution in [3.8, 4) is 0 Å². The number of nitrogens with two attached hydrogens (primary N) is 1. The van der Waals surface area contributed by atoms with Crippen molar-refractivity contribution < 1.29 is 9.59 Å². The number of carbonyl (C=O) groups is 2. The average Bonchev–Trinajstić information content (AvgIpc) is 2.59. The molecule has 1 aromatic carbocycles. The molecule has 2 amide bonds. The topological polar surface area (TPSA) is 63.4 Å². The van der Waals surface area contributed by atoms with Crippen LogP contribution in [0, 0.1) is 0 Å². The molecule has 1 aliphatic rings. The summed E-state index contributed by atoms with van der Waals surface area (Å²) in [6, 6.07) is 7.18. The Hall–Kier alpha value is -1.68. The molecule has 4 nitrogen and oxygen atoms in total. The monoisotopic (exact) mass is 218 g/mol. The molecule has 1 fully saturated rings. The largest absolute Gasteiger partial charge is 0.324 e. The zero-order valence-electron chi connectivity index (χ0n) is 9.14. The second kappa shape index (κ2) is 4.06. The summed E-state index contributed by atoms with van der Waals surface area (Å²) in [6.45, 7) is 1.89. The molecule has 1 unspecified atom stereocenters. The van der Waals surface area contributed by atoms with Gasteiger partial charge in [0.15, 0.2) is 0 Å². The molecule has 4 heteroatoms. The standard InChI is InChI=1S/C12H14N2O2/c1-8(13)9-2-4-10(5-3-9)14-11(15)6-7-12(14)16/h2-5,8H,6-7,13H2,1H3. The lowest BCUT2D eigenvalue weighted by Gasteiger charge is -2.14. The minimum Gasteiger partial charge on any atom is -0.324 e. The minimum absolute atomic E-state index is 0.0426. The zero-order chi connectivity index (χ0) is 11.7. The van der Waals surface area contributed by atoms with Crippen LogP contribution < -0.4 is 10.6 Å². The fraction of sp³-hybridized carbons (Fsp3) is 0.333. The highest BCUT2D eigenvalue weighted by Gasteiger charge is 2.29. The third-order valence-electron chi connectivity index (χ3n) is 2.73. The minimum atomic E-state index is -0.126. The van der Waals surface area contributed by atoms with Crippen molar-refractivity contribution in [1.82, 2.24) is 0 Å². The first kappa shape index (κ1) is 10.8. The van der Waals surface area contributed by atoms with Crippen molar-refractivity contribution in [3.63, 3.8) is 0 Å². The highest BCUT2D eigenvalue weighted by Crippen LogP contribution is 2.23. The summed E-state index contributed by atoms with van der Waals surface area (Å²) in [5, 5.41) is 0. The van der Waals surface area contributed by atoms with Crippen molar-refractivity contribution in [2.45, 2.75) is 25.8 Å². The molecule has 84 valence electrons. The predicted molar refractivity (Wildman–Crippen MR) is 60.8 cm³/mol. The Morgan fingerprint density at radius 1 is 1.12 bits per heavy atom. The van der Waals surface area contributed by atoms with Crippen LogP contribution in [0.25, 0.3) is 0 Å². The summed E-state index contributed by atoms with van der Waals surface area (Å²) in [5.41, 5.74) is 7.35. The molecule has 1 aliphatic heterocycles. The summed E-state index contributed by atoms with van der Waals surface area (Å²) in [5.74, 6) is -0.253. The molecule has 0 saturated carbocycles. The number of imide groups is 1. The Labute approximate surface area is 94.0 Å². The van der Waals surface area contributed by atoms with Gasteiger partial charge in [0.2, 0.25) is 11.8 Å². The van der Waals surface area contributed by atoms with E-state index in [-0.39, 0.29) is 17.9 Å². The molecule has 1 aromatic rings. The summed E-state index contributed by atoms with van der Waals surface area (Å²) >= 11 is 0. The van der Waals surface area contributed by atoms with E-state index in [0.717, 1.165) is 5.56 Å². The lowest BCUT2D eigenvalue weighted by atomic mass is 10.1. The van der Waals surface area contributed by atoms with Crippen LogP contribution >= 0.6 is 0 Å². The highest BCUT2D eigenvalue weighted by molar-refractivity contribution is 6.19. The van der Waals surface area contributed by atoms with Crippen molar-refractivity contribution in [3.05, 3.63) is 29.8 Å². The molecule has 0 radical (unpaired) electrons. The number of hydrogen-bond acceptors (Lipinski definition) is 3. The van der Waals surface area contributed by atoms with Crippen LogP contribution in [-0.4, -0.2) is 11.8 Å². The molecule has 1 heterocycles. The van der Waals surface area contributed by atoms with E-state index in [9.17, 15) is 9.59 Å². The third kappa shape index (κ3) is 1.84. The maximum Gasteiger partial charge on any atom is 0.234 e. The SMILES string of the molecule is CC(N)c1ccc(N2C(=O)CCC2=O)cc1. The average molecular weight is 218 g/mol. The Kier molecular flexibility index (Phi) is 2.75. The van der Waals surface area contributed by atoms with Crippen LogP contribution in [-0.2, 0) is 9.59 Å². The third-order valence-corrected chi connectivity index (χ3v) is 2.73. The second-order valence-electron chi connectivity index (χ2n) is 4.00. The Bertz CT molecular complexity index is 407. The van der Waals surface area contributed by atoms with Crippen LogP contribution in [0.2, 0.25) is 0 Å². The fourth-order valence-electron chi connectivity index (χ4n) is 1.79. The molecule has 0 spiro atoms. The summed E-state index contributed by atoms with van der Waals surface area (Å²) < 4.78 is 0. The number of anilines is 1. The van der Waals surface area contributed by atoms with Gasteiger partial charge in [0.05, 0.1) is 5.69 Å². The number of benzene rings is 1. The Morgan fingerprint density at radius 2 is 1.62 bits per heavy atom. The lowest BCUT2D eigenvalue weighted by Crippen LogP contribution is -2.28. The van der Waals surface area contributed by atoms with Crippen LogP contribution in [0.1, 0.15) is 31.4 Å².